The molecule has 0 aromatic heterocycles. The second kappa shape index (κ2) is 6.66. The molecule has 0 aliphatic carbocycles. The van der Waals surface area contributed by atoms with E-state index in [4.69, 9.17) is 0 Å². The highest BCUT2D eigenvalue weighted by molar-refractivity contribution is 5.44. The zero-order valence-electron chi connectivity index (χ0n) is 14.6. The quantitative estimate of drug-likeness (QED) is 0.726. The van der Waals surface area contributed by atoms with Gasteiger partial charge < -0.3 is 10.2 Å². The van der Waals surface area contributed by atoms with Crippen LogP contribution in [0, 0.1) is 5.41 Å². The van der Waals surface area contributed by atoms with Gasteiger partial charge in [-0.05, 0) is 60.1 Å². The highest BCUT2D eigenvalue weighted by atomic mass is 16.3. The molecule has 2 aromatic carbocycles. The van der Waals surface area contributed by atoms with E-state index in [1.807, 2.05) is 24.3 Å². The maximum atomic E-state index is 9.67. The Bertz CT molecular complexity index is 568. The second-order valence-electron chi connectivity index (χ2n) is 6.56. The molecule has 0 saturated carbocycles. The third-order valence-electron chi connectivity index (χ3n) is 5.98. The van der Waals surface area contributed by atoms with Crippen LogP contribution in [0.15, 0.2) is 48.5 Å². The number of aromatic hydroxyl groups is 2. The molecule has 0 aliphatic rings. The topological polar surface area (TPSA) is 40.5 Å². The van der Waals surface area contributed by atoms with Gasteiger partial charge in [0.2, 0.25) is 0 Å². The Balaban J connectivity index is 2.72. The molecule has 2 aromatic rings. The first kappa shape index (κ1) is 17.4. The molecule has 0 unspecified atom stereocenters. The van der Waals surface area contributed by atoms with Crippen molar-refractivity contribution < 1.29 is 10.2 Å². The molecule has 0 amide bonds. The number of hydrogen-bond acceptors (Lipinski definition) is 2. The van der Waals surface area contributed by atoms with Crippen molar-refractivity contribution in [3.8, 4) is 11.5 Å². The van der Waals surface area contributed by atoms with Crippen LogP contribution in [0.5, 0.6) is 11.5 Å². The van der Waals surface area contributed by atoms with Crippen molar-refractivity contribution in [1.82, 2.24) is 0 Å². The van der Waals surface area contributed by atoms with Crippen molar-refractivity contribution in [3.05, 3.63) is 59.7 Å². The number of benzene rings is 2. The highest BCUT2D eigenvalue weighted by Crippen LogP contribution is 2.53. The average Bonchev–Trinajstić information content (AvgIpc) is 2.58. The lowest BCUT2D eigenvalue weighted by Gasteiger charge is -2.49. The van der Waals surface area contributed by atoms with Gasteiger partial charge in [-0.15, -0.1) is 0 Å². The molecule has 0 aliphatic heterocycles. The Hall–Kier alpha value is -1.96. The summed E-state index contributed by atoms with van der Waals surface area (Å²) in [5.74, 6) is 0.578. The summed E-state index contributed by atoms with van der Waals surface area (Å²) in [6, 6.07) is 15.2. The van der Waals surface area contributed by atoms with Crippen molar-refractivity contribution in [2.24, 2.45) is 5.41 Å². The molecule has 0 spiro atoms. The van der Waals surface area contributed by atoms with Crippen molar-refractivity contribution in [2.75, 3.05) is 0 Å². The fraction of sp³-hybridized carbons (Fsp3) is 0.429. The van der Waals surface area contributed by atoms with E-state index in [-0.39, 0.29) is 22.3 Å². The van der Waals surface area contributed by atoms with Gasteiger partial charge >= 0.3 is 0 Å². The van der Waals surface area contributed by atoms with E-state index in [0.29, 0.717) is 0 Å². The van der Waals surface area contributed by atoms with Crippen LogP contribution in [0.25, 0.3) is 0 Å². The molecular formula is C21H28O2. The Kier molecular flexibility index (Phi) is 5.03. The molecule has 0 radical (unpaired) electrons. The maximum absolute atomic E-state index is 9.67. The van der Waals surface area contributed by atoms with Crippen LogP contribution >= 0.6 is 0 Å². The molecular weight excluding hydrogens is 284 g/mol. The van der Waals surface area contributed by atoms with Crippen LogP contribution < -0.4 is 0 Å². The first-order valence-electron chi connectivity index (χ1n) is 8.52. The minimum atomic E-state index is -0.188. The highest BCUT2D eigenvalue weighted by Gasteiger charge is 2.46. The van der Waals surface area contributed by atoms with Gasteiger partial charge in [0.05, 0.1) is 0 Å². The number of hydrogen-bond donors (Lipinski definition) is 2. The monoisotopic (exact) mass is 312 g/mol. The van der Waals surface area contributed by atoms with Gasteiger partial charge in [0.1, 0.15) is 11.5 Å². The van der Waals surface area contributed by atoms with Crippen molar-refractivity contribution in [3.63, 3.8) is 0 Å². The number of phenolic OH excluding ortho intramolecular Hbond substituents is 2. The van der Waals surface area contributed by atoms with Crippen LogP contribution in [0.3, 0.4) is 0 Å². The Labute approximate surface area is 139 Å². The van der Waals surface area contributed by atoms with E-state index in [2.05, 4.69) is 27.7 Å². The second-order valence-corrected chi connectivity index (χ2v) is 6.56. The summed E-state index contributed by atoms with van der Waals surface area (Å²) in [6.45, 7) is 9.06. The Morgan fingerprint density at radius 1 is 0.652 bits per heavy atom. The Morgan fingerprint density at radius 3 is 1.22 bits per heavy atom. The SMILES string of the molecule is CCC(CC)(CC)C(C)(c1ccc(O)cc1)c1ccc(O)cc1. The molecule has 0 fully saturated rings. The lowest BCUT2D eigenvalue weighted by Crippen LogP contribution is -2.43. The van der Waals surface area contributed by atoms with Crippen LogP contribution in [-0.4, -0.2) is 10.2 Å². The van der Waals surface area contributed by atoms with Gasteiger partial charge in [0, 0.05) is 5.41 Å². The lowest BCUT2D eigenvalue weighted by atomic mass is 9.54. The van der Waals surface area contributed by atoms with Gasteiger partial charge in [-0.2, -0.15) is 0 Å². The van der Waals surface area contributed by atoms with Crippen LogP contribution in [0.2, 0.25) is 0 Å². The van der Waals surface area contributed by atoms with Gasteiger partial charge in [0.25, 0.3) is 0 Å². The average molecular weight is 312 g/mol. The predicted octanol–water partition coefficient (Wildman–Crippen LogP) is 5.62. The smallest absolute Gasteiger partial charge is 0.115 e. The van der Waals surface area contributed by atoms with E-state index in [1.165, 1.54) is 11.1 Å². The summed E-state index contributed by atoms with van der Waals surface area (Å²) in [5, 5.41) is 19.3. The summed E-state index contributed by atoms with van der Waals surface area (Å²) in [7, 11) is 0. The summed E-state index contributed by atoms with van der Waals surface area (Å²) in [4.78, 5) is 0. The third kappa shape index (κ3) is 2.83. The number of phenols is 2. The van der Waals surface area contributed by atoms with Gasteiger partial charge in [0.15, 0.2) is 0 Å². The van der Waals surface area contributed by atoms with E-state index in [0.717, 1.165) is 19.3 Å². The van der Waals surface area contributed by atoms with Gasteiger partial charge in [-0.1, -0.05) is 52.0 Å². The van der Waals surface area contributed by atoms with E-state index in [1.54, 1.807) is 24.3 Å². The van der Waals surface area contributed by atoms with Gasteiger partial charge in [-0.3, -0.25) is 0 Å². The summed E-state index contributed by atoms with van der Waals surface area (Å²) in [5.41, 5.74) is 2.33. The Morgan fingerprint density at radius 2 is 0.957 bits per heavy atom. The number of rotatable bonds is 6. The summed E-state index contributed by atoms with van der Waals surface area (Å²) in [6.07, 6.45) is 3.20. The molecule has 2 rings (SSSR count). The lowest BCUT2D eigenvalue weighted by molar-refractivity contribution is 0.139. The third-order valence-corrected chi connectivity index (χ3v) is 5.98. The van der Waals surface area contributed by atoms with Crippen LogP contribution in [0.1, 0.15) is 58.1 Å². The molecule has 2 nitrogen and oxygen atoms in total. The summed E-state index contributed by atoms with van der Waals surface area (Å²) < 4.78 is 0. The molecule has 0 atom stereocenters. The first-order valence-corrected chi connectivity index (χ1v) is 8.52. The molecule has 23 heavy (non-hydrogen) atoms. The van der Waals surface area contributed by atoms with E-state index < -0.39 is 0 Å². The minimum Gasteiger partial charge on any atom is -0.508 e. The standard InChI is InChI=1S/C21H28O2/c1-5-21(6-2,7-3)20(4,16-8-12-18(22)13-9-16)17-10-14-19(23)15-11-17/h8-15,22-23H,5-7H2,1-4H3. The zero-order chi connectivity index (χ0) is 17.1. The normalized spacial score (nSPS) is 12.3. The van der Waals surface area contributed by atoms with Crippen molar-refractivity contribution >= 4 is 0 Å². The first-order chi connectivity index (χ1) is 10.9. The predicted molar refractivity (Wildman–Crippen MR) is 96.0 cm³/mol. The fourth-order valence-corrected chi connectivity index (χ4v) is 4.18. The summed E-state index contributed by atoms with van der Waals surface area (Å²) >= 11 is 0. The molecule has 2 N–H and O–H groups in total. The van der Waals surface area contributed by atoms with E-state index >= 15 is 0 Å². The largest absolute Gasteiger partial charge is 0.508 e. The minimum absolute atomic E-state index is 0.112. The molecule has 0 heterocycles. The molecule has 2 heteroatoms. The van der Waals surface area contributed by atoms with Crippen LogP contribution in [0.4, 0.5) is 0 Å². The molecule has 0 bridgehead atoms. The van der Waals surface area contributed by atoms with Crippen molar-refractivity contribution in [1.29, 1.82) is 0 Å². The van der Waals surface area contributed by atoms with Crippen LogP contribution in [-0.2, 0) is 5.41 Å². The van der Waals surface area contributed by atoms with Gasteiger partial charge in [-0.25, -0.2) is 0 Å². The van der Waals surface area contributed by atoms with Crippen molar-refractivity contribution in [2.45, 2.75) is 52.4 Å². The maximum Gasteiger partial charge on any atom is 0.115 e. The van der Waals surface area contributed by atoms with E-state index in [9.17, 15) is 10.2 Å². The molecule has 0 saturated heterocycles. The zero-order valence-corrected chi connectivity index (χ0v) is 14.6. The molecule has 124 valence electrons. The fourth-order valence-electron chi connectivity index (χ4n) is 4.18.